The van der Waals surface area contributed by atoms with Gasteiger partial charge in [0.25, 0.3) is 0 Å². The summed E-state index contributed by atoms with van der Waals surface area (Å²) >= 11 is 0. The molecule has 0 bridgehead atoms. The number of carbonyl (C=O) groups excluding carboxylic acids is 1. The molecule has 3 rings (SSSR count). The second-order valence-corrected chi connectivity index (χ2v) is 4.93. The Morgan fingerprint density at radius 2 is 2.22 bits per heavy atom. The van der Waals surface area contributed by atoms with Crippen molar-refractivity contribution in [1.29, 1.82) is 0 Å². The molecule has 8 heteroatoms. The second-order valence-electron chi connectivity index (χ2n) is 4.93. The highest BCUT2D eigenvalue weighted by atomic mass is 16.5. The van der Waals surface area contributed by atoms with Gasteiger partial charge in [0.2, 0.25) is 5.95 Å². The van der Waals surface area contributed by atoms with Gasteiger partial charge in [-0.1, -0.05) is 0 Å². The maximum Gasteiger partial charge on any atom is 0.327 e. The Labute approximate surface area is 133 Å². The van der Waals surface area contributed by atoms with E-state index in [9.17, 15) is 4.79 Å². The second kappa shape index (κ2) is 6.47. The van der Waals surface area contributed by atoms with E-state index in [1.54, 1.807) is 25.5 Å². The Morgan fingerprint density at radius 3 is 3.00 bits per heavy atom. The van der Waals surface area contributed by atoms with Crippen molar-refractivity contribution < 1.29 is 9.53 Å². The van der Waals surface area contributed by atoms with E-state index in [1.807, 2.05) is 16.8 Å². The Kier molecular flexibility index (Phi) is 4.22. The molecule has 23 heavy (non-hydrogen) atoms. The van der Waals surface area contributed by atoms with Crippen LogP contribution in [0, 0.1) is 0 Å². The molecular weight excluding hydrogens is 296 g/mol. The van der Waals surface area contributed by atoms with Crippen molar-refractivity contribution in [3.63, 3.8) is 0 Å². The number of carbonyl (C=O) groups is 1. The minimum absolute atomic E-state index is 0.0775. The van der Waals surface area contributed by atoms with Crippen LogP contribution in [0.5, 0.6) is 0 Å². The lowest BCUT2D eigenvalue weighted by Gasteiger charge is -2.04. The highest BCUT2D eigenvalue weighted by Gasteiger charge is 2.08. The number of ether oxygens (including phenoxy) is 1. The topological polar surface area (TPSA) is 86.9 Å². The molecule has 0 saturated heterocycles. The molecule has 0 saturated carbocycles. The summed E-state index contributed by atoms with van der Waals surface area (Å²) in [6.45, 7) is 5.11. The number of esters is 1. The molecule has 0 amide bonds. The zero-order valence-corrected chi connectivity index (χ0v) is 13.1. The van der Waals surface area contributed by atoms with Gasteiger partial charge in [-0.15, -0.1) is 0 Å². The lowest BCUT2D eigenvalue weighted by molar-refractivity contribution is -0.144. The van der Waals surface area contributed by atoms with Crippen LogP contribution in [0.3, 0.4) is 0 Å². The molecule has 0 radical (unpaired) electrons. The van der Waals surface area contributed by atoms with E-state index in [2.05, 4.69) is 27.3 Å². The quantitative estimate of drug-likeness (QED) is 0.700. The Hall–Kier alpha value is -2.90. The molecule has 120 valence electrons. The normalized spacial score (nSPS) is 10.9. The highest BCUT2D eigenvalue weighted by Crippen LogP contribution is 2.17. The maximum absolute atomic E-state index is 11.4. The third-order valence-electron chi connectivity index (χ3n) is 3.33. The maximum atomic E-state index is 11.4. The molecule has 8 nitrogen and oxygen atoms in total. The molecule has 1 N–H and O–H groups in total. The number of anilines is 2. The van der Waals surface area contributed by atoms with Crippen LogP contribution in [-0.2, 0) is 22.6 Å². The van der Waals surface area contributed by atoms with Crippen LogP contribution in [-0.4, -0.2) is 36.9 Å². The van der Waals surface area contributed by atoms with Crippen molar-refractivity contribution in [2.45, 2.75) is 26.9 Å². The lowest BCUT2D eigenvalue weighted by Crippen LogP contribution is -2.13. The molecule has 0 spiro atoms. The minimum Gasteiger partial charge on any atom is -0.465 e. The average Bonchev–Trinajstić information content (AvgIpc) is 3.13. The van der Waals surface area contributed by atoms with Gasteiger partial charge in [0.1, 0.15) is 12.2 Å². The van der Waals surface area contributed by atoms with Gasteiger partial charge in [0.05, 0.1) is 18.5 Å². The van der Waals surface area contributed by atoms with Crippen molar-refractivity contribution in [3.8, 4) is 0 Å². The summed E-state index contributed by atoms with van der Waals surface area (Å²) in [4.78, 5) is 20.2. The third-order valence-corrected chi connectivity index (χ3v) is 3.33. The SMILES string of the molecule is CCOC(=O)Cn1cc(Nc2ncc3ccn(CC)c3n2)cn1. The fourth-order valence-corrected chi connectivity index (χ4v) is 2.27. The van der Waals surface area contributed by atoms with E-state index in [-0.39, 0.29) is 12.5 Å². The van der Waals surface area contributed by atoms with Crippen molar-refractivity contribution in [1.82, 2.24) is 24.3 Å². The van der Waals surface area contributed by atoms with Crippen molar-refractivity contribution in [2.75, 3.05) is 11.9 Å². The molecular formula is C15H18N6O2. The molecule has 3 heterocycles. The molecule has 0 atom stereocenters. The van der Waals surface area contributed by atoms with E-state index in [0.717, 1.165) is 17.6 Å². The summed E-state index contributed by atoms with van der Waals surface area (Å²) in [6, 6.07) is 1.99. The number of aromatic nitrogens is 5. The van der Waals surface area contributed by atoms with Crippen LogP contribution < -0.4 is 5.32 Å². The predicted octanol–water partition coefficient (Wildman–Crippen LogP) is 1.95. The largest absolute Gasteiger partial charge is 0.465 e. The van der Waals surface area contributed by atoms with Crippen LogP contribution in [0.1, 0.15) is 13.8 Å². The Balaban J connectivity index is 1.74. The van der Waals surface area contributed by atoms with Gasteiger partial charge >= 0.3 is 5.97 Å². The van der Waals surface area contributed by atoms with Gasteiger partial charge in [-0.25, -0.2) is 4.98 Å². The molecule has 0 unspecified atom stereocenters. The molecule has 0 aliphatic rings. The van der Waals surface area contributed by atoms with Crippen molar-refractivity contribution >= 4 is 28.6 Å². The molecule has 3 aromatic rings. The van der Waals surface area contributed by atoms with E-state index in [1.165, 1.54) is 4.68 Å². The van der Waals surface area contributed by atoms with Crippen LogP contribution in [0.2, 0.25) is 0 Å². The summed E-state index contributed by atoms with van der Waals surface area (Å²) in [6.07, 6.45) is 7.09. The number of hydrogen-bond acceptors (Lipinski definition) is 6. The van der Waals surface area contributed by atoms with Crippen LogP contribution in [0.25, 0.3) is 11.0 Å². The standard InChI is InChI=1S/C15H18N6O2/c1-3-20-6-5-11-7-16-15(19-14(11)20)18-12-8-17-21(9-12)10-13(22)23-4-2/h5-9H,3-4,10H2,1-2H3,(H,16,18,19). The summed E-state index contributed by atoms with van der Waals surface area (Å²) in [5, 5.41) is 8.20. The fourth-order valence-electron chi connectivity index (χ4n) is 2.27. The van der Waals surface area contributed by atoms with Crippen LogP contribution in [0.15, 0.2) is 30.9 Å². The number of nitrogens with one attached hydrogen (secondary N) is 1. The van der Waals surface area contributed by atoms with Gasteiger partial charge < -0.3 is 14.6 Å². The Bertz CT molecular complexity index is 822. The van der Waals surface area contributed by atoms with E-state index >= 15 is 0 Å². The number of nitrogens with zero attached hydrogens (tertiary/aromatic N) is 5. The first kappa shape index (κ1) is 15.0. The average molecular weight is 314 g/mol. The first-order valence-corrected chi connectivity index (χ1v) is 7.46. The van der Waals surface area contributed by atoms with Gasteiger partial charge in [-0.2, -0.15) is 10.1 Å². The molecule has 0 fully saturated rings. The van der Waals surface area contributed by atoms with Gasteiger partial charge in [-0.3, -0.25) is 9.48 Å². The number of fused-ring (bicyclic) bond motifs is 1. The molecule has 0 aliphatic carbocycles. The van der Waals surface area contributed by atoms with E-state index < -0.39 is 0 Å². The molecule has 3 aromatic heterocycles. The summed E-state index contributed by atoms with van der Waals surface area (Å²) < 4.78 is 8.45. The van der Waals surface area contributed by atoms with E-state index in [4.69, 9.17) is 4.74 Å². The number of hydrogen-bond donors (Lipinski definition) is 1. The smallest absolute Gasteiger partial charge is 0.327 e. The first-order valence-electron chi connectivity index (χ1n) is 7.46. The minimum atomic E-state index is -0.319. The van der Waals surface area contributed by atoms with Crippen molar-refractivity contribution in [3.05, 3.63) is 30.9 Å². The highest BCUT2D eigenvalue weighted by molar-refractivity contribution is 5.76. The van der Waals surface area contributed by atoms with E-state index in [0.29, 0.717) is 18.2 Å². The summed E-state index contributed by atoms with van der Waals surface area (Å²) in [5.41, 5.74) is 1.59. The van der Waals surface area contributed by atoms with Gasteiger partial charge in [-0.05, 0) is 19.9 Å². The first-order chi connectivity index (χ1) is 11.2. The van der Waals surface area contributed by atoms with Crippen molar-refractivity contribution in [2.24, 2.45) is 0 Å². The molecule has 0 aromatic carbocycles. The number of aryl methyl sites for hydroxylation is 1. The zero-order valence-electron chi connectivity index (χ0n) is 13.1. The van der Waals surface area contributed by atoms with Gasteiger partial charge in [0, 0.05) is 30.5 Å². The van der Waals surface area contributed by atoms with Gasteiger partial charge in [0.15, 0.2) is 0 Å². The Morgan fingerprint density at radius 1 is 1.35 bits per heavy atom. The monoisotopic (exact) mass is 314 g/mol. The molecule has 0 aliphatic heterocycles. The van der Waals surface area contributed by atoms with Crippen LogP contribution in [0.4, 0.5) is 11.6 Å². The zero-order chi connectivity index (χ0) is 16.2. The summed E-state index contributed by atoms with van der Waals surface area (Å²) in [5.74, 6) is 0.169. The fraction of sp³-hybridized carbons (Fsp3) is 0.333. The predicted molar refractivity (Wildman–Crippen MR) is 85.3 cm³/mol. The van der Waals surface area contributed by atoms with Crippen LogP contribution >= 0.6 is 0 Å². The number of rotatable bonds is 6. The third kappa shape index (κ3) is 3.31. The summed E-state index contributed by atoms with van der Waals surface area (Å²) in [7, 11) is 0. The lowest BCUT2D eigenvalue weighted by atomic mass is 10.4.